The van der Waals surface area contributed by atoms with Gasteiger partial charge in [0.2, 0.25) is 11.8 Å². The minimum absolute atomic E-state index is 0.0230. The minimum Gasteiger partial charge on any atom is -0.394 e. The van der Waals surface area contributed by atoms with Gasteiger partial charge in [-0.15, -0.1) is 0 Å². The molecule has 3 aliphatic rings. The van der Waals surface area contributed by atoms with E-state index in [2.05, 4.69) is 10.6 Å². The van der Waals surface area contributed by atoms with Gasteiger partial charge in [0.25, 0.3) is 0 Å². The Morgan fingerprint density at radius 2 is 1.04 bits per heavy atom. The summed E-state index contributed by atoms with van der Waals surface area (Å²) >= 11 is 0. The molecular formula is C28H51N3O19. The first-order chi connectivity index (χ1) is 23.7. The highest BCUT2D eigenvalue weighted by Gasteiger charge is 2.45. The van der Waals surface area contributed by atoms with Gasteiger partial charge in [-0.1, -0.05) is 0 Å². The van der Waals surface area contributed by atoms with Crippen molar-refractivity contribution in [3.8, 4) is 0 Å². The molecule has 2 amide bonds. The Morgan fingerprint density at radius 1 is 0.600 bits per heavy atom. The van der Waals surface area contributed by atoms with Crippen molar-refractivity contribution in [1.29, 1.82) is 0 Å². The number of hydrogen-bond donors (Lipinski definition) is 13. The monoisotopic (exact) mass is 733 g/mol. The van der Waals surface area contributed by atoms with Crippen molar-refractivity contribution < 1.29 is 94.2 Å². The molecule has 3 fully saturated rings. The van der Waals surface area contributed by atoms with Gasteiger partial charge < -0.3 is 94.8 Å². The lowest BCUT2D eigenvalue weighted by Gasteiger charge is -2.40. The molecule has 3 saturated heterocycles. The number of nitrogens with one attached hydrogen (secondary N) is 2. The highest BCUT2D eigenvalue weighted by atomic mass is 16.7. The molecule has 22 nitrogen and oxygen atoms in total. The predicted octanol–water partition coefficient (Wildman–Crippen LogP) is -9.00. The Kier molecular flexibility index (Phi) is 17.4. The van der Waals surface area contributed by atoms with E-state index in [9.17, 15) is 65.8 Å². The van der Waals surface area contributed by atoms with E-state index in [4.69, 9.17) is 28.4 Å². The maximum Gasteiger partial charge on any atom is 0.236 e. The molecule has 50 heavy (non-hydrogen) atoms. The predicted molar refractivity (Wildman–Crippen MR) is 160 cm³/mol. The third-order valence-corrected chi connectivity index (χ3v) is 8.41. The Morgan fingerprint density at radius 3 is 1.52 bits per heavy atom. The molecule has 3 heterocycles. The minimum atomic E-state index is -1.68. The summed E-state index contributed by atoms with van der Waals surface area (Å²) in [6.45, 7) is -1.60. The Balaban J connectivity index is 1.48. The fourth-order valence-electron chi connectivity index (χ4n) is 5.30. The van der Waals surface area contributed by atoms with Crippen LogP contribution in [0.3, 0.4) is 0 Å². The van der Waals surface area contributed by atoms with Crippen LogP contribution in [0.2, 0.25) is 0 Å². The smallest absolute Gasteiger partial charge is 0.236 e. The number of carbonyl (C=O) groups excluding carboxylic acids is 2. The van der Waals surface area contributed by atoms with Gasteiger partial charge in [0, 0.05) is 19.6 Å². The molecule has 22 heteroatoms. The normalized spacial score (nSPS) is 39.2. The number of hydrogen-bond acceptors (Lipinski definition) is 20. The van der Waals surface area contributed by atoms with Crippen LogP contribution in [0.1, 0.15) is 6.92 Å². The van der Waals surface area contributed by atoms with E-state index in [0.717, 1.165) is 0 Å². The lowest BCUT2D eigenvalue weighted by atomic mass is 9.99. The summed E-state index contributed by atoms with van der Waals surface area (Å²) in [5.41, 5.74) is 0. The molecule has 15 atom stereocenters. The van der Waals surface area contributed by atoms with Crippen LogP contribution in [0.4, 0.5) is 0 Å². The van der Waals surface area contributed by atoms with Crippen LogP contribution in [-0.2, 0) is 38.0 Å². The highest BCUT2D eigenvalue weighted by molar-refractivity contribution is 5.81. The molecule has 13 N–H and O–H groups in total. The molecule has 0 saturated carbocycles. The summed E-state index contributed by atoms with van der Waals surface area (Å²) in [5, 5.41) is 114. The molecule has 0 aliphatic carbocycles. The Hall–Kier alpha value is -1.78. The molecule has 3 rings (SSSR count). The van der Waals surface area contributed by atoms with Crippen molar-refractivity contribution in [2.24, 2.45) is 0 Å². The van der Waals surface area contributed by atoms with Crippen LogP contribution >= 0.6 is 0 Å². The Bertz CT molecular complexity index is 989. The van der Waals surface area contributed by atoms with Gasteiger partial charge in [-0.2, -0.15) is 0 Å². The van der Waals surface area contributed by atoms with Crippen LogP contribution in [0.15, 0.2) is 0 Å². The number of ether oxygens (including phenoxy) is 6. The number of rotatable bonds is 18. The van der Waals surface area contributed by atoms with Gasteiger partial charge in [0.1, 0.15) is 67.1 Å². The van der Waals surface area contributed by atoms with E-state index in [1.807, 2.05) is 0 Å². The van der Waals surface area contributed by atoms with Crippen molar-refractivity contribution in [2.45, 2.75) is 99.0 Å². The van der Waals surface area contributed by atoms with Gasteiger partial charge in [0.15, 0.2) is 18.9 Å². The fraction of sp³-hybridized carbons (Fsp3) is 0.929. The quantitative estimate of drug-likeness (QED) is 0.0582. The maximum absolute atomic E-state index is 13.1. The summed E-state index contributed by atoms with van der Waals surface area (Å²) in [5.74, 6) is -1.10. The van der Waals surface area contributed by atoms with Crippen molar-refractivity contribution in [1.82, 2.24) is 15.5 Å². The first-order valence-corrected chi connectivity index (χ1v) is 16.1. The molecular weight excluding hydrogens is 682 g/mol. The zero-order valence-corrected chi connectivity index (χ0v) is 27.4. The van der Waals surface area contributed by atoms with Gasteiger partial charge in [-0.25, -0.2) is 0 Å². The summed E-state index contributed by atoms with van der Waals surface area (Å²) in [6.07, 6.45) is -21.6. The van der Waals surface area contributed by atoms with Crippen molar-refractivity contribution in [3.63, 3.8) is 0 Å². The van der Waals surface area contributed by atoms with E-state index in [1.165, 1.54) is 11.8 Å². The summed E-state index contributed by atoms with van der Waals surface area (Å²) in [4.78, 5) is 26.6. The average molecular weight is 734 g/mol. The summed E-state index contributed by atoms with van der Waals surface area (Å²) in [7, 11) is 0. The second-order valence-electron chi connectivity index (χ2n) is 12.0. The second-order valence-corrected chi connectivity index (χ2v) is 12.0. The lowest BCUT2D eigenvalue weighted by Crippen LogP contribution is -2.59. The molecule has 0 aromatic rings. The number of aliphatic hydroxyl groups is 11. The van der Waals surface area contributed by atoms with Crippen LogP contribution in [0, 0.1) is 0 Å². The number of amides is 2. The van der Waals surface area contributed by atoms with E-state index in [0.29, 0.717) is 0 Å². The van der Waals surface area contributed by atoms with Crippen LogP contribution < -0.4 is 10.6 Å². The molecule has 0 spiro atoms. The number of nitrogens with zero attached hydrogens (tertiary/aromatic N) is 1. The van der Waals surface area contributed by atoms with Crippen LogP contribution in [0.5, 0.6) is 0 Å². The van der Waals surface area contributed by atoms with E-state index < -0.39 is 117 Å². The molecule has 0 aromatic carbocycles. The van der Waals surface area contributed by atoms with Crippen molar-refractivity contribution in [2.75, 3.05) is 65.8 Å². The number of carbonyl (C=O) groups is 2. The topological polar surface area (TPSA) is 339 Å². The Labute approximate surface area is 286 Å². The standard InChI is InChI=1S/C28H51N3O19/c1-12-17(36)20(39)23(42)26(48-12)45-5-2-30-15(34)8-29-9-16(35)31(3-6-46-27-24(43)21(40)18(37)13(10-32)49-27)4-7-47-28-25(44)22(41)19(38)14(11-33)50-28/h12-14,17-29,32-33,36-44H,2-11H2,1H3,(H,30,34)/t12-,13+,14+,17+,18+,19+,20+,21-,22-,23-,24-,25-,26+,27-,28-/m0/s1. The molecule has 0 bridgehead atoms. The summed E-state index contributed by atoms with van der Waals surface area (Å²) < 4.78 is 32.2. The largest absolute Gasteiger partial charge is 0.394 e. The first-order valence-electron chi connectivity index (χ1n) is 16.1. The zero-order chi connectivity index (χ0) is 37.1. The van der Waals surface area contributed by atoms with E-state index in [-0.39, 0.29) is 52.5 Å². The van der Waals surface area contributed by atoms with Crippen LogP contribution in [-0.4, -0.2) is 231 Å². The molecule has 0 aromatic heterocycles. The maximum atomic E-state index is 13.1. The molecule has 0 radical (unpaired) electrons. The van der Waals surface area contributed by atoms with Crippen molar-refractivity contribution in [3.05, 3.63) is 0 Å². The third-order valence-electron chi connectivity index (χ3n) is 8.41. The highest BCUT2D eigenvalue weighted by Crippen LogP contribution is 2.24. The lowest BCUT2D eigenvalue weighted by molar-refractivity contribution is -0.303. The van der Waals surface area contributed by atoms with E-state index >= 15 is 0 Å². The fourth-order valence-corrected chi connectivity index (χ4v) is 5.30. The first kappa shape index (κ1) is 42.6. The molecule has 292 valence electrons. The zero-order valence-electron chi connectivity index (χ0n) is 27.4. The van der Waals surface area contributed by atoms with E-state index in [1.54, 1.807) is 0 Å². The third kappa shape index (κ3) is 11.4. The molecule has 0 unspecified atom stereocenters. The van der Waals surface area contributed by atoms with Gasteiger partial charge in [0.05, 0.1) is 52.2 Å². The van der Waals surface area contributed by atoms with Gasteiger partial charge in [-0.3, -0.25) is 14.9 Å². The van der Waals surface area contributed by atoms with Crippen molar-refractivity contribution >= 4 is 11.8 Å². The van der Waals surface area contributed by atoms with Crippen LogP contribution in [0.25, 0.3) is 0 Å². The summed E-state index contributed by atoms with van der Waals surface area (Å²) in [6, 6.07) is 0. The second kappa shape index (κ2) is 20.5. The van der Waals surface area contributed by atoms with Gasteiger partial charge in [-0.05, 0) is 6.92 Å². The average Bonchev–Trinajstić information content (AvgIpc) is 3.10. The number of aliphatic hydroxyl groups excluding tert-OH is 11. The van der Waals surface area contributed by atoms with Gasteiger partial charge >= 0.3 is 0 Å². The SMILES string of the molecule is C[C@@H]1O[C@@H](OCCNC(=O)CNCC(=O)N(CCO[C@H]2O[C@H](CO)[C@@H](O)[C@H](O)[C@@H]2O)CCO[C@H]2O[C@H](CO)[C@@H](O)[C@H](O)[C@@H]2O)[C@@H](O)[C@H](O)[C@@H]1O. The molecule has 3 aliphatic heterocycles.